The SMILES string of the molecule is C[C](C)CN1CCC(c2ccc(C(=O)O)cc2)CC1. The first-order valence-corrected chi connectivity index (χ1v) is 6.91. The van der Waals surface area contributed by atoms with Gasteiger partial charge in [0.15, 0.2) is 0 Å². The van der Waals surface area contributed by atoms with Gasteiger partial charge >= 0.3 is 5.97 Å². The first kappa shape index (κ1) is 14.1. The van der Waals surface area contributed by atoms with E-state index in [2.05, 4.69) is 18.7 Å². The van der Waals surface area contributed by atoms with Crippen LogP contribution < -0.4 is 0 Å². The Hall–Kier alpha value is -1.35. The molecule has 1 N–H and O–H groups in total. The number of carboxylic acids is 1. The number of rotatable bonds is 4. The van der Waals surface area contributed by atoms with Crippen LogP contribution in [0.4, 0.5) is 0 Å². The minimum Gasteiger partial charge on any atom is -0.478 e. The lowest BCUT2D eigenvalue weighted by atomic mass is 9.89. The van der Waals surface area contributed by atoms with Crippen molar-refractivity contribution < 1.29 is 9.90 Å². The fourth-order valence-corrected chi connectivity index (χ4v) is 2.77. The molecule has 1 aromatic rings. The monoisotopic (exact) mass is 260 g/mol. The summed E-state index contributed by atoms with van der Waals surface area (Å²) in [6.45, 7) is 7.73. The summed E-state index contributed by atoms with van der Waals surface area (Å²) >= 11 is 0. The Balaban J connectivity index is 1.92. The van der Waals surface area contributed by atoms with E-state index in [0.29, 0.717) is 11.5 Å². The lowest BCUT2D eigenvalue weighted by Gasteiger charge is -2.33. The molecule has 0 spiro atoms. The smallest absolute Gasteiger partial charge is 0.335 e. The van der Waals surface area contributed by atoms with Gasteiger partial charge in [-0.15, -0.1) is 0 Å². The fraction of sp³-hybridized carbons (Fsp3) is 0.500. The molecule has 2 rings (SSSR count). The molecule has 3 nitrogen and oxygen atoms in total. The van der Waals surface area contributed by atoms with Gasteiger partial charge in [-0.2, -0.15) is 0 Å². The molecule has 1 aliphatic heterocycles. The van der Waals surface area contributed by atoms with Gasteiger partial charge in [-0.05, 0) is 55.5 Å². The van der Waals surface area contributed by atoms with E-state index in [1.807, 2.05) is 12.1 Å². The molecule has 1 heterocycles. The van der Waals surface area contributed by atoms with Gasteiger partial charge in [0.2, 0.25) is 0 Å². The maximum absolute atomic E-state index is 10.8. The van der Waals surface area contributed by atoms with Crippen LogP contribution in [0.2, 0.25) is 0 Å². The summed E-state index contributed by atoms with van der Waals surface area (Å²) in [5, 5.41) is 8.90. The molecule has 1 fully saturated rings. The molecule has 1 saturated heterocycles. The second kappa shape index (κ2) is 6.20. The minimum atomic E-state index is -0.852. The maximum Gasteiger partial charge on any atom is 0.335 e. The number of piperidine rings is 1. The Labute approximate surface area is 115 Å². The summed E-state index contributed by atoms with van der Waals surface area (Å²) in [6.07, 6.45) is 2.33. The molecule has 0 saturated carbocycles. The number of hydrogen-bond acceptors (Lipinski definition) is 2. The fourth-order valence-electron chi connectivity index (χ4n) is 2.77. The highest BCUT2D eigenvalue weighted by molar-refractivity contribution is 5.87. The summed E-state index contributed by atoms with van der Waals surface area (Å²) in [5.74, 6) is 1.19. The third-order valence-electron chi connectivity index (χ3n) is 3.76. The zero-order chi connectivity index (χ0) is 13.8. The lowest BCUT2D eigenvalue weighted by molar-refractivity contribution is 0.0697. The number of nitrogens with zero attached hydrogens (tertiary/aromatic N) is 1. The van der Waals surface area contributed by atoms with Crippen molar-refractivity contribution in [3.63, 3.8) is 0 Å². The highest BCUT2D eigenvalue weighted by atomic mass is 16.4. The van der Waals surface area contributed by atoms with Gasteiger partial charge in [-0.3, -0.25) is 0 Å². The van der Waals surface area contributed by atoms with Crippen LogP contribution in [-0.2, 0) is 0 Å². The predicted molar refractivity (Wildman–Crippen MR) is 76.4 cm³/mol. The van der Waals surface area contributed by atoms with E-state index in [4.69, 9.17) is 5.11 Å². The largest absolute Gasteiger partial charge is 0.478 e. The van der Waals surface area contributed by atoms with Crippen LogP contribution in [0.15, 0.2) is 24.3 Å². The molecule has 0 unspecified atom stereocenters. The normalized spacial score (nSPS) is 17.8. The minimum absolute atomic E-state index is 0.373. The second-order valence-electron chi connectivity index (χ2n) is 5.68. The molecule has 0 bridgehead atoms. The number of aromatic carboxylic acids is 1. The van der Waals surface area contributed by atoms with Crippen LogP contribution in [0.25, 0.3) is 0 Å². The van der Waals surface area contributed by atoms with E-state index in [9.17, 15) is 4.79 Å². The molecule has 1 radical (unpaired) electrons. The van der Waals surface area contributed by atoms with Crippen molar-refractivity contribution in [1.82, 2.24) is 4.90 Å². The number of carbonyl (C=O) groups is 1. The van der Waals surface area contributed by atoms with Crippen LogP contribution in [-0.4, -0.2) is 35.6 Å². The van der Waals surface area contributed by atoms with Gasteiger partial charge in [0, 0.05) is 6.54 Å². The quantitative estimate of drug-likeness (QED) is 0.904. The molecule has 3 heteroatoms. The van der Waals surface area contributed by atoms with Crippen molar-refractivity contribution in [1.29, 1.82) is 0 Å². The van der Waals surface area contributed by atoms with Crippen molar-refractivity contribution in [3.05, 3.63) is 41.3 Å². The molecule has 0 atom stereocenters. The Morgan fingerprint density at radius 2 is 1.79 bits per heavy atom. The van der Waals surface area contributed by atoms with E-state index in [0.717, 1.165) is 19.6 Å². The van der Waals surface area contributed by atoms with Crippen LogP contribution in [0.5, 0.6) is 0 Å². The molecule has 0 aliphatic carbocycles. The molecule has 0 aromatic heterocycles. The highest BCUT2D eigenvalue weighted by Crippen LogP contribution is 2.28. The van der Waals surface area contributed by atoms with Crippen molar-refractivity contribution >= 4 is 5.97 Å². The summed E-state index contributed by atoms with van der Waals surface area (Å²) in [6, 6.07) is 7.38. The lowest BCUT2D eigenvalue weighted by Crippen LogP contribution is -2.35. The molecular weight excluding hydrogens is 238 g/mol. The van der Waals surface area contributed by atoms with Gasteiger partial charge in [-0.1, -0.05) is 26.0 Å². The molecule has 1 aromatic carbocycles. The van der Waals surface area contributed by atoms with E-state index < -0.39 is 5.97 Å². The Bertz CT molecular complexity index is 417. The highest BCUT2D eigenvalue weighted by Gasteiger charge is 2.21. The Morgan fingerprint density at radius 1 is 1.21 bits per heavy atom. The number of carboxylic acid groups (broad SMARTS) is 1. The molecule has 0 amide bonds. The standard InChI is InChI=1S/C16H22NO2/c1-12(2)11-17-9-7-14(8-10-17)13-3-5-15(6-4-13)16(18)19/h3-6,14H,7-11H2,1-2H3,(H,18,19). The van der Waals surface area contributed by atoms with Crippen LogP contribution >= 0.6 is 0 Å². The Kier molecular flexibility index (Phi) is 4.59. The molecule has 19 heavy (non-hydrogen) atoms. The Morgan fingerprint density at radius 3 is 2.26 bits per heavy atom. The summed E-state index contributed by atoms with van der Waals surface area (Å²) in [4.78, 5) is 13.3. The topological polar surface area (TPSA) is 40.5 Å². The van der Waals surface area contributed by atoms with Crippen molar-refractivity contribution in [2.24, 2.45) is 0 Å². The average Bonchev–Trinajstić information content (AvgIpc) is 2.39. The summed E-state index contributed by atoms with van der Waals surface area (Å²) in [7, 11) is 0. The van der Waals surface area contributed by atoms with Crippen molar-refractivity contribution in [3.8, 4) is 0 Å². The predicted octanol–water partition coefficient (Wildman–Crippen LogP) is 3.18. The summed E-state index contributed by atoms with van der Waals surface area (Å²) in [5.41, 5.74) is 1.65. The number of benzene rings is 1. The zero-order valence-corrected chi connectivity index (χ0v) is 11.7. The van der Waals surface area contributed by atoms with Crippen LogP contribution in [0.1, 0.15) is 48.5 Å². The van der Waals surface area contributed by atoms with Gasteiger partial charge in [-0.25, -0.2) is 4.79 Å². The van der Waals surface area contributed by atoms with Crippen LogP contribution in [0, 0.1) is 5.92 Å². The third kappa shape index (κ3) is 3.80. The van der Waals surface area contributed by atoms with E-state index in [1.54, 1.807) is 12.1 Å². The molecule has 1 aliphatic rings. The van der Waals surface area contributed by atoms with Gasteiger partial charge in [0.05, 0.1) is 5.56 Å². The maximum atomic E-state index is 10.8. The molecular formula is C16H22NO2. The average molecular weight is 260 g/mol. The van der Waals surface area contributed by atoms with Gasteiger partial charge in [0.25, 0.3) is 0 Å². The van der Waals surface area contributed by atoms with E-state index in [1.165, 1.54) is 24.3 Å². The van der Waals surface area contributed by atoms with Crippen molar-refractivity contribution in [2.75, 3.05) is 19.6 Å². The zero-order valence-electron chi connectivity index (χ0n) is 11.7. The van der Waals surface area contributed by atoms with E-state index >= 15 is 0 Å². The van der Waals surface area contributed by atoms with Crippen molar-refractivity contribution in [2.45, 2.75) is 32.6 Å². The molecule has 103 valence electrons. The van der Waals surface area contributed by atoms with E-state index in [-0.39, 0.29) is 0 Å². The van der Waals surface area contributed by atoms with Gasteiger partial charge < -0.3 is 10.0 Å². The first-order chi connectivity index (χ1) is 9.06. The number of likely N-dealkylation sites (tertiary alicyclic amines) is 1. The van der Waals surface area contributed by atoms with Crippen LogP contribution in [0.3, 0.4) is 0 Å². The third-order valence-corrected chi connectivity index (χ3v) is 3.76. The summed E-state index contributed by atoms with van der Waals surface area (Å²) < 4.78 is 0. The van der Waals surface area contributed by atoms with Gasteiger partial charge in [0.1, 0.15) is 0 Å². The first-order valence-electron chi connectivity index (χ1n) is 6.91. The number of hydrogen-bond donors (Lipinski definition) is 1. The second-order valence-corrected chi connectivity index (χ2v) is 5.68.